The van der Waals surface area contributed by atoms with Gasteiger partial charge in [-0.3, -0.25) is 4.44 Å². The first-order valence-electron chi connectivity index (χ1n) is 12.6. The lowest BCUT2D eigenvalue weighted by Crippen LogP contribution is -2.31. The van der Waals surface area contributed by atoms with Crippen LogP contribution in [0.25, 0.3) is 0 Å². The highest BCUT2D eigenvalue weighted by Crippen LogP contribution is 2.76. The van der Waals surface area contributed by atoms with E-state index in [1.807, 2.05) is 0 Å². The summed E-state index contributed by atoms with van der Waals surface area (Å²) in [6.07, 6.45) is 3.56. The third-order valence-electron chi connectivity index (χ3n) is 7.07. The highest BCUT2D eigenvalue weighted by atomic mass is 31.2. The second-order valence-corrected chi connectivity index (χ2v) is 14.1. The van der Waals surface area contributed by atoms with Gasteiger partial charge in [-0.2, -0.15) is 0 Å². The molecule has 2 aliphatic rings. The van der Waals surface area contributed by atoms with E-state index in [2.05, 4.69) is 120 Å². The van der Waals surface area contributed by atoms with Gasteiger partial charge in [-0.15, -0.1) is 0 Å². The van der Waals surface area contributed by atoms with Crippen molar-refractivity contribution in [2.24, 2.45) is 0 Å². The maximum atomic E-state index is 6.31. The van der Waals surface area contributed by atoms with E-state index in [0.717, 1.165) is 25.3 Å². The second-order valence-electron chi connectivity index (χ2n) is 9.22. The third kappa shape index (κ3) is 4.68. The van der Waals surface area contributed by atoms with Crippen LogP contribution in [0.5, 0.6) is 5.75 Å². The molecule has 1 unspecified atom stereocenters. The first-order chi connectivity index (χ1) is 17.4. The smallest absolute Gasteiger partial charge is 0.128 e. The predicted molar refractivity (Wildman–Crippen MR) is 150 cm³/mol. The average Bonchev–Trinajstić information content (AvgIpc) is 3.36. The van der Waals surface area contributed by atoms with Crippen LogP contribution in [0.2, 0.25) is 0 Å². The first-order valence-corrected chi connectivity index (χ1v) is 15.4. The zero-order chi connectivity index (χ0) is 23.5. The van der Waals surface area contributed by atoms with Crippen molar-refractivity contribution in [1.82, 2.24) is 4.44 Å². The highest BCUT2D eigenvalue weighted by Gasteiger charge is 2.44. The zero-order valence-electron chi connectivity index (χ0n) is 19.9. The molecular weight excluding hydrogens is 464 g/mol. The second kappa shape index (κ2) is 10.6. The van der Waals surface area contributed by atoms with Crippen molar-refractivity contribution in [2.45, 2.75) is 30.6 Å². The highest BCUT2D eigenvalue weighted by molar-refractivity contribution is 7.79. The van der Waals surface area contributed by atoms with Crippen molar-refractivity contribution in [2.75, 3.05) is 13.2 Å². The van der Waals surface area contributed by atoms with Crippen molar-refractivity contribution in [3.8, 4) is 5.75 Å². The van der Waals surface area contributed by atoms with Crippen LogP contribution in [0.1, 0.15) is 41.7 Å². The normalized spacial score (nSPS) is 23.1. The Bertz CT molecular complexity index is 1190. The van der Waals surface area contributed by atoms with Crippen LogP contribution in [0, 0.1) is 0 Å². The van der Waals surface area contributed by atoms with Gasteiger partial charge in [0.25, 0.3) is 0 Å². The van der Waals surface area contributed by atoms with Crippen LogP contribution in [-0.4, -0.2) is 17.6 Å². The molecule has 35 heavy (non-hydrogen) atoms. The first kappa shape index (κ1) is 22.9. The van der Waals surface area contributed by atoms with Gasteiger partial charge in [0.05, 0.1) is 6.61 Å². The van der Waals surface area contributed by atoms with Crippen LogP contribution < -0.4 is 15.3 Å². The molecule has 2 heterocycles. The third-order valence-corrected chi connectivity index (χ3v) is 13.6. The summed E-state index contributed by atoms with van der Waals surface area (Å²) in [5, 5.41) is 2.79. The van der Waals surface area contributed by atoms with Crippen molar-refractivity contribution in [1.29, 1.82) is 0 Å². The number of hydrogen-bond donors (Lipinski definition) is 0. The van der Waals surface area contributed by atoms with Gasteiger partial charge < -0.3 is 4.74 Å². The van der Waals surface area contributed by atoms with Crippen LogP contribution in [0.3, 0.4) is 0 Å². The van der Waals surface area contributed by atoms with Crippen LogP contribution in [-0.2, 0) is 0 Å². The van der Waals surface area contributed by atoms with E-state index in [9.17, 15) is 0 Å². The molecular formula is C31H31NOP2. The quantitative estimate of drug-likeness (QED) is 0.268. The minimum Gasteiger partial charge on any atom is -0.493 e. The zero-order valence-corrected chi connectivity index (χ0v) is 21.7. The summed E-state index contributed by atoms with van der Waals surface area (Å²) in [6, 6.07) is 42.6. The molecule has 0 aromatic heterocycles. The fraction of sp³-hybridized carbons (Fsp3) is 0.226. The lowest BCUT2D eigenvalue weighted by atomic mass is 10.0. The Morgan fingerprint density at radius 3 is 1.80 bits per heavy atom. The summed E-state index contributed by atoms with van der Waals surface area (Å²) in [6.45, 7) is 1.86. The predicted octanol–water partition coefficient (Wildman–Crippen LogP) is 7.79. The minimum absolute atomic E-state index is 0.452. The molecule has 0 amide bonds. The number of rotatable bonds is 4. The summed E-state index contributed by atoms with van der Waals surface area (Å²) < 4.78 is 9.27. The summed E-state index contributed by atoms with van der Waals surface area (Å²) in [5.74, 6) is 1.06. The number of benzene rings is 4. The van der Waals surface area contributed by atoms with Gasteiger partial charge in [0.15, 0.2) is 0 Å². The van der Waals surface area contributed by atoms with Crippen LogP contribution in [0.15, 0.2) is 115 Å². The standard InChI is InChI=1S/C31H31NOP2/c1-4-13-25(14-5-1)29-21-22-30(26-15-6-2-7-16-26)35(29)32-23-12-24-33-28-19-10-11-20-31(28)34(32)27-17-8-3-9-18-27/h1-11,13-20,29-30H,12,21-24H2/t29-,30-,34?/m1/s1. The summed E-state index contributed by atoms with van der Waals surface area (Å²) in [4.78, 5) is 0. The lowest BCUT2D eigenvalue weighted by molar-refractivity contribution is 0.305. The van der Waals surface area contributed by atoms with Crippen molar-refractivity contribution >= 4 is 26.8 Å². The Balaban J connectivity index is 1.52. The molecule has 0 bridgehead atoms. The fourth-order valence-corrected chi connectivity index (χ4v) is 13.1. The number of ether oxygens (including phenoxy) is 1. The Hall–Kier alpha value is -2.50. The van der Waals surface area contributed by atoms with Gasteiger partial charge in [0, 0.05) is 31.2 Å². The molecule has 2 nitrogen and oxygen atoms in total. The summed E-state index contributed by atoms with van der Waals surface area (Å²) in [5.41, 5.74) is 4.17. The van der Waals surface area contributed by atoms with Gasteiger partial charge in [-0.25, -0.2) is 0 Å². The van der Waals surface area contributed by atoms with E-state index in [-0.39, 0.29) is 0 Å². The van der Waals surface area contributed by atoms with E-state index < -0.39 is 16.1 Å². The Morgan fingerprint density at radius 1 is 0.629 bits per heavy atom. The fourth-order valence-electron chi connectivity index (χ4n) is 5.54. The molecule has 0 aliphatic carbocycles. The van der Waals surface area contributed by atoms with E-state index in [1.54, 1.807) is 0 Å². The van der Waals surface area contributed by atoms with Crippen molar-refractivity contribution in [3.05, 3.63) is 126 Å². The van der Waals surface area contributed by atoms with Gasteiger partial charge in [0.1, 0.15) is 5.75 Å². The maximum Gasteiger partial charge on any atom is 0.128 e. The SMILES string of the molecule is c1ccc([C@H]2CC[C@H](c3ccccc3)P2N2CCCOc3ccccc3P2c2ccccc2)cc1. The van der Waals surface area contributed by atoms with Gasteiger partial charge >= 0.3 is 0 Å². The Kier molecular flexibility index (Phi) is 6.97. The molecule has 1 fully saturated rings. The molecule has 0 N–H and O–H groups in total. The minimum atomic E-state index is -0.698. The largest absolute Gasteiger partial charge is 0.493 e. The Labute approximate surface area is 211 Å². The van der Waals surface area contributed by atoms with E-state index >= 15 is 0 Å². The lowest BCUT2D eigenvalue weighted by Gasteiger charge is -2.43. The van der Waals surface area contributed by atoms with Gasteiger partial charge in [-0.1, -0.05) is 103 Å². The number of nitrogens with zero attached hydrogens (tertiary/aromatic N) is 1. The molecule has 0 saturated carbocycles. The van der Waals surface area contributed by atoms with Gasteiger partial charge in [-0.05, 0) is 55.9 Å². The molecule has 2 aliphatic heterocycles. The molecule has 0 radical (unpaired) electrons. The Morgan fingerprint density at radius 2 is 1.17 bits per heavy atom. The van der Waals surface area contributed by atoms with Crippen molar-refractivity contribution in [3.63, 3.8) is 0 Å². The maximum absolute atomic E-state index is 6.31. The van der Waals surface area contributed by atoms with Gasteiger partial charge in [0.2, 0.25) is 0 Å². The molecule has 176 valence electrons. The molecule has 4 aromatic rings. The number of fused-ring (bicyclic) bond motifs is 1. The molecule has 6 rings (SSSR count). The van der Waals surface area contributed by atoms with E-state index in [4.69, 9.17) is 4.74 Å². The topological polar surface area (TPSA) is 12.5 Å². The monoisotopic (exact) mass is 495 g/mol. The van der Waals surface area contributed by atoms with Crippen LogP contribution in [0.4, 0.5) is 0 Å². The molecule has 3 atom stereocenters. The average molecular weight is 496 g/mol. The summed E-state index contributed by atoms with van der Waals surface area (Å²) in [7, 11) is -1.15. The van der Waals surface area contributed by atoms with E-state index in [1.165, 1.54) is 34.6 Å². The molecule has 0 spiro atoms. The van der Waals surface area contributed by atoms with Crippen LogP contribution >= 0.6 is 16.1 Å². The molecule has 1 saturated heterocycles. The van der Waals surface area contributed by atoms with E-state index in [0.29, 0.717) is 11.3 Å². The number of hydrogen-bond acceptors (Lipinski definition) is 2. The van der Waals surface area contributed by atoms with Crippen molar-refractivity contribution < 1.29 is 4.74 Å². The number of para-hydroxylation sites is 1. The summed E-state index contributed by atoms with van der Waals surface area (Å²) >= 11 is 0. The molecule has 4 heteroatoms. The molecule has 4 aromatic carbocycles.